The largest absolute Gasteiger partial charge is 0.349 e. The van der Waals surface area contributed by atoms with Gasteiger partial charge < -0.3 is 11.1 Å². The number of carbonyl (C=O) groups is 1. The molecule has 1 aromatic rings. The lowest BCUT2D eigenvalue weighted by molar-refractivity contribution is -0.126. The van der Waals surface area contributed by atoms with E-state index in [9.17, 15) is 9.18 Å². The van der Waals surface area contributed by atoms with Crippen LogP contribution in [0.3, 0.4) is 0 Å². The Morgan fingerprint density at radius 3 is 2.60 bits per heavy atom. The topological polar surface area (TPSA) is 55.1 Å². The van der Waals surface area contributed by atoms with Crippen molar-refractivity contribution in [2.75, 3.05) is 0 Å². The summed E-state index contributed by atoms with van der Waals surface area (Å²) in [7, 11) is 0. The molecule has 3 atom stereocenters. The van der Waals surface area contributed by atoms with Gasteiger partial charge in [-0.3, -0.25) is 4.79 Å². The number of nitrogens with two attached hydrogens (primary N) is 1. The average Bonchev–Trinajstić information content (AvgIpc) is 2.64. The zero-order chi connectivity index (χ0) is 14.5. The van der Waals surface area contributed by atoms with Crippen molar-refractivity contribution in [1.82, 2.24) is 5.32 Å². The highest BCUT2D eigenvalue weighted by atomic mass is 19.1. The third kappa shape index (κ3) is 3.79. The molecule has 110 valence electrons. The molecule has 0 spiro atoms. The molecule has 3 N–H and O–H groups in total. The Balaban J connectivity index is 1.97. The van der Waals surface area contributed by atoms with Crippen molar-refractivity contribution >= 4 is 5.91 Å². The molecule has 4 heteroatoms. The smallest absolute Gasteiger partial charge is 0.225 e. The normalized spacial score (nSPS) is 24.8. The molecule has 0 saturated heterocycles. The molecular formula is C16H23FN2O. The predicted octanol–water partition coefficient (Wildman–Crippen LogP) is 2.91. The number of rotatable bonds is 3. The van der Waals surface area contributed by atoms with Gasteiger partial charge in [0.05, 0.1) is 12.0 Å². The summed E-state index contributed by atoms with van der Waals surface area (Å²) in [6, 6.07) is 6.06. The first kappa shape index (κ1) is 15.0. The fourth-order valence-corrected chi connectivity index (χ4v) is 2.82. The number of amides is 1. The Bertz CT molecular complexity index is 446. The monoisotopic (exact) mass is 278 g/mol. The third-order valence-electron chi connectivity index (χ3n) is 4.13. The molecule has 2 rings (SSSR count). The second kappa shape index (κ2) is 6.84. The zero-order valence-electron chi connectivity index (χ0n) is 11.9. The molecule has 1 aromatic carbocycles. The van der Waals surface area contributed by atoms with Gasteiger partial charge >= 0.3 is 0 Å². The summed E-state index contributed by atoms with van der Waals surface area (Å²) in [4.78, 5) is 12.3. The molecule has 3 nitrogen and oxygen atoms in total. The van der Waals surface area contributed by atoms with Crippen LogP contribution in [0, 0.1) is 11.7 Å². The minimum Gasteiger partial charge on any atom is -0.349 e. The molecule has 1 aliphatic carbocycles. The first-order valence-corrected chi connectivity index (χ1v) is 7.39. The molecule has 0 bridgehead atoms. The molecule has 1 saturated carbocycles. The Hall–Kier alpha value is -1.42. The lowest BCUT2D eigenvalue weighted by Gasteiger charge is -2.23. The molecule has 20 heavy (non-hydrogen) atoms. The lowest BCUT2D eigenvalue weighted by atomic mass is 9.94. The van der Waals surface area contributed by atoms with Crippen molar-refractivity contribution < 1.29 is 9.18 Å². The van der Waals surface area contributed by atoms with Crippen LogP contribution in [-0.4, -0.2) is 11.9 Å². The highest BCUT2D eigenvalue weighted by Gasteiger charge is 2.27. The van der Waals surface area contributed by atoms with Gasteiger partial charge in [0.2, 0.25) is 5.91 Å². The molecule has 1 fully saturated rings. The van der Waals surface area contributed by atoms with Crippen molar-refractivity contribution in [3.8, 4) is 0 Å². The van der Waals surface area contributed by atoms with Gasteiger partial charge in [-0.1, -0.05) is 31.4 Å². The maximum Gasteiger partial charge on any atom is 0.225 e. The van der Waals surface area contributed by atoms with E-state index in [0.717, 1.165) is 37.7 Å². The molecule has 1 aliphatic rings. The number of hydrogen-bond donors (Lipinski definition) is 2. The minimum absolute atomic E-state index is 0.0243. The zero-order valence-corrected chi connectivity index (χ0v) is 11.9. The molecule has 0 aliphatic heterocycles. The Morgan fingerprint density at radius 1 is 1.25 bits per heavy atom. The quantitative estimate of drug-likeness (QED) is 0.835. The predicted molar refractivity (Wildman–Crippen MR) is 77.5 cm³/mol. The Morgan fingerprint density at radius 2 is 1.90 bits per heavy atom. The molecule has 0 aromatic heterocycles. The van der Waals surface area contributed by atoms with Crippen LogP contribution in [0.25, 0.3) is 0 Å². The van der Waals surface area contributed by atoms with Gasteiger partial charge in [0.1, 0.15) is 5.82 Å². The number of nitrogens with one attached hydrogen (secondary N) is 1. The molecule has 1 amide bonds. The van der Waals surface area contributed by atoms with Crippen LogP contribution in [-0.2, 0) is 4.79 Å². The minimum atomic E-state index is -0.266. The van der Waals surface area contributed by atoms with Crippen molar-refractivity contribution in [3.05, 3.63) is 35.6 Å². The first-order valence-electron chi connectivity index (χ1n) is 7.39. The van der Waals surface area contributed by atoms with Gasteiger partial charge in [0, 0.05) is 6.04 Å². The summed E-state index contributed by atoms with van der Waals surface area (Å²) in [6.07, 6.45) is 5.12. The van der Waals surface area contributed by atoms with Crippen LogP contribution < -0.4 is 11.1 Å². The summed E-state index contributed by atoms with van der Waals surface area (Å²) in [5, 5.41) is 3.00. The van der Waals surface area contributed by atoms with Gasteiger partial charge in [-0.2, -0.15) is 0 Å². The van der Waals surface area contributed by atoms with E-state index in [2.05, 4.69) is 5.32 Å². The summed E-state index contributed by atoms with van der Waals surface area (Å²) in [5.41, 5.74) is 7.01. The number of carbonyl (C=O) groups excluding carboxylic acids is 1. The van der Waals surface area contributed by atoms with Crippen LogP contribution in [0.5, 0.6) is 0 Å². The molecule has 0 radical (unpaired) electrons. The van der Waals surface area contributed by atoms with Crippen LogP contribution in [0.2, 0.25) is 0 Å². The number of halogens is 1. The van der Waals surface area contributed by atoms with Crippen molar-refractivity contribution in [2.24, 2.45) is 11.7 Å². The Labute approximate surface area is 119 Å². The van der Waals surface area contributed by atoms with Gasteiger partial charge in [-0.25, -0.2) is 4.39 Å². The van der Waals surface area contributed by atoms with Gasteiger partial charge in [0.25, 0.3) is 0 Å². The molecule has 3 unspecified atom stereocenters. The second-order valence-electron chi connectivity index (χ2n) is 5.69. The van der Waals surface area contributed by atoms with E-state index in [-0.39, 0.29) is 29.7 Å². The van der Waals surface area contributed by atoms with E-state index in [1.807, 2.05) is 6.92 Å². The standard InChI is InChI=1S/C16H23FN2O/c1-11(12-7-9-13(17)10-8-12)19-16(20)14-5-3-2-4-6-15(14)18/h7-11,14-15H,2-6,18H2,1H3,(H,19,20). The number of benzene rings is 1. The maximum atomic E-state index is 12.9. The SMILES string of the molecule is CC(NC(=O)C1CCCCCC1N)c1ccc(F)cc1. The molecular weight excluding hydrogens is 255 g/mol. The van der Waals surface area contributed by atoms with Crippen LogP contribution in [0.15, 0.2) is 24.3 Å². The maximum absolute atomic E-state index is 12.9. The lowest BCUT2D eigenvalue weighted by Crippen LogP contribution is -2.42. The van der Waals surface area contributed by atoms with Gasteiger partial charge in [0.15, 0.2) is 0 Å². The van der Waals surface area contributed by atoms with E-state index in [0.29, 0.717) is 0 Å². The van der Waals surface area contributed by atoms with E-state index in [4.69, 9.17) is 5.73 Å². The van der Waals surface area contributed by atoms with E-state index in [1.54, 1.807) is 12.1 Å². The average molecular weight is 278 g/mol. The van der Waals surface area contributed by atoms with Crippen LogP contribution in [0.1, 0.15) is 50.6 Å². The highest BCUT2D eigenvalue weighted by Crippen LogP contribution is 2.23. The second-order valence-corrected chi connectivity index (χ2v) is 5.69. The summed E-state index contributed by atoms with van der Waals surface area (Å²) < 4.78 is 12.9. The van der Waals surface area contributed by atoms with Gasteiger partial charge in [-0.05, 0) is 37.5 Å². The first-order chi connectivity index (χ1) is 9.58. The van der Waals surface area contributed by atoms with E-state index in [1.165, 1.54) is 12.1 Å². The van der Waals surface area contributed by atoms with E-state index >= 15 is 0 Å². The van der Waals surface area contributed by atoms with Crippen molar-refractivity contribution in [2.45, 2.75) is 51.1 Å². The number of hydrogen-bond acceptors (Lipinski definition) is 2. The Kier molecular flexibility index (Phi) is 5.12. The van der Waals surface area contributed by atoms with Crippen LogP contribution in [0.4, 0.5) is 4.39 Å². The molecule has 0 heterocycles. The van der Waals surface area contributed by atoms with Crippen molar-refractivity contribution in [1.29, 1.82) is 0 Å². The van der Waals surface area contributed by atoms with Gasteiger partial charge in [-0.15, -0.1) is 0 Å². The third-order valence-corrected chi connectivity index (χ3v) is 4.13. The van der Waals surface area contributed by atoms with Crippen molar-refractivity contribution in [3.63, 3.8) is 0 Å². The van der Waals surface area contributed by atoms with E-state index < -0.39 is 0 Å². The highest BCUT2D eigenvalue weighted by molar-refractivity contribution is 5.79. The fraction of sp³-hybridized carbons (Fsp3) is 0.562. The summed E-state index contributed by atoms with van der Waals surface area (Å²) >= 11 is 0. The van der Waals surface area contributed by atoms with Crippen LogP contribution >= 0.6 is 0 Å². The fourth-order valence-electron chi connectivity index (χ4n) is 2.82. The summed E-state index contributed by atoms with van der Waals surface area (Å²) in [6.45, 7) is 1.91. The summed E-state index contributed by atoms with van der Waals surface area (Å²) in [5.74, 6) is -0.338.